The quantitative estimate of drug-likeness (QED) is 0.743. The van der Waals surface area contributed by atoms with Gasteiger partial charge in [0.2, 0.25) is 5.91 Å². The first-order chi connectivity index (χ1) is 8.83. The second-order valence-corrected chi connectivity index (χ2v) is 5.54. The van der Waals surface area contributed by atoms with Crippen LogP contribution in [0.4, 0.5) is 5.69 Å². The van der Waals surface area contributed by atoms with Gasteiger partial charge in [-0.05, 0) is 19.9 Å². The molecule has 0 saturated carbocycles. The molecule has 7 nitrogen and oxygen atoms in total. The van der Waals surface area contributed by atoms with Gasteiger partial charge in [0.15, 0.2) is 0 Å². The smallest absolute Gasteiger partial charge is 0.264 e. The van der Waals surface area contributed by atoms with Crippen LogP contribution in [0.3, 0.4) is 0 Å². The Morgan fingerprint density at radius 3 is 2.68 bits per heavy atom. The molecular weight excluding hydrogens is 266 g/mol. The van der Waals surface area contributed by atoms with E-state index >= 15 is 0 Å². The molecule has 2 aromatic heterocycles. The van der Waals surface area contributed by atoms with Crippen molar-refractivity contribution in [3.05, 3.63) is 17.1 Å². The number of hydrogen-bond donors (Lipinski definition) is 3. The molecule has 0 spiro atoms. The first kappa shape index (κ1) is 13.2. The van der Waals surface area contributed by atoms with Crippen molar-refractivity contribution in [2.45, 2.75) is 19.4 Å². The lowest BCUT2D eigenvalue weighted by atomic mass is 10.1. The third-order valence-corrected chi connectivity index (χ3v) is 3.77. The van der Waals surface area contributed by atoms with Crippen molar-refractivity contribution in [2.75, 3.05) is 5.73 Å². The minimum atomic E-state index is -1.15. The van der Waals surface area contributed by atoms with Crippen molar-refractivity contribution in [1.29, 1.82) is 0 Å². The summed E-state index contributed by atoms with van der Waals surface area (Å²) in [4.78, 5) is 24.2. The third-order valence-electron chi connectivity index (χ3n) is 2.67. The predicted molar refractivity (Wildman–Crippen MR) is 72.6 cm³/mol. The second kappa shape index (κ2) is 4.47. The lowest BCUT2D eigenvalue weighted by molar-refractivity contribution is -0.122. The number of anilines is 1. The number of nitrogen functional groups attached to an aromatic ring is 1. The van der Waals surface area contributed by atoms with E-state index in [0.717, 1.165) is 11.3 Å². The van der Waals surface area contributed by atoms with E-state index in [-0.39, 0.29) is 0 Å². The van der Waals surface area contributed by atoms with Crippen molar-refractivity contribution in [2.24, 2.45) is 5.73 Å². The molecule has 2 heterocycles. The van der Waals surface area contributed by atoms with Crippen LogP contribution >= 0.6 is 11.3 Å². The molecule has 0 aliphatic heterocycles. The van der Waals surface area contributed by atoms with E-state index in [1.54, 1.807) is 6.07 Å². The molecule has 0 fully saturated rings. The molecule has 0 radical (unpaired) electrons. The number of rotatable bonds is 3. The van der Waals surface area contributed by atoms with Crippen LogP contribution in [0.15, 0.2) is 12.3 Å². The largest absolute Gasteiger partial charge is 0.397 e. The average Bonchev–Trinajstić information content (AvgIpc) is 2.67. The molecule has 0 aliphatic carbocycles. The van der Waals surface area contributed by atoms with E-state index in [0.29, 0.717) is 20.8 Å². The molecule has 19 heavy (non-hydrogen) atoms. The van der Waals surface area contributed by atoms with Gasteiger partial charge in [0.1, 0.15) is 15.2 Å². The number of fused-ring (bicyclic) bond motifs is 1. The van der Waals surface area contributed by atoms with Gasteiger partial charge >= 0.3 is 0 Å². The van der Waals surface area contributed by atoms with Crippen molar-refractivity contribution in [3.8, 4) is 0 Å². The standard InChI is InChI=1S/C11H13N5O2S/c1-11(2,10(13)18)15-8(17)7-6(12)5-3-4-14-16-9(5)19-7/h3-4H,12H2,1-2H3,(H2,13,18)(H,15,17). The number of thiophene rings is 1. The highest BCUT2D eigenvalue weighted by Crippen LogP contribution is 2.31. The SMILES string of the molecule is CC(C)(NC(=O)c1sc2nnccc2c1N)C(N)=O. The monoisotopic (exact) mass is 279 g/mol. The molecular formula is C11H13N5O2S. The highest BCUT2D eigenvalue weighted by molar-refractivity contribution is 7.21. The Morgan fingerprint density at radius 2 is 2.11 bits per heavy atom. The molecule has 0 saturated heterocycles. The lowest BCUT2D eigenvalue weighted by Gasteiger charge is -2.21. The Bertz CT molecular complexity index is 664. The second-order valence-electron chi connectivity index (χ2n) is 4.54. The Hall–Kier alpha value is -2.22. The van der Waals surface area contributed by atoms with Gasteiger partial charge in [-0.3, -0.25) is 9.59 Å². The number of aromatic nitrogens is 2. The van der Waals surface area contributed by atoms with Gasteiger partial charge in [0, 0.05) is 5.39 Å². The van der Waals surface area contributed by atoms with Crippen LogP contribution in [-0.2, 0) is 4.79 Å². The first-order valence-electron chi connectivity index (χ1n) is 5.45. The summed E-state index contributed by atoms with van der Waals surface area (Å²) in [5.74, 6) is -1.08. The first-order valence-corrected chi connectivity index (χ1v) is 6.26. The summed E-state index contributed by atoms with van der Waals surface area (Å²) in [5.41, 5.74) is 10.3. The van der Waals surface area contributed by atoms with Gasteiger partial charge in [0.25, 0.3) is 5.91 Å². The molecule has 8 heteroatoms. The summed E-state index contributed by atoms with van der Waals surface area (Å²) in [5, 5.41) is 10.8. The maximum atomic E-state index is 12.1. The number of primary amides is 1. The van der Waals surface area contributed by atoms with Crippen LogP contribution in [0.1, 0.15) is 23.5 Å². The van der Waals surface area contributed by atoms with E-state index < -0.39 is 17.4 Å². The minimum Gasteiger partial charge on any atom is -0.397 e. The lowest BCUT2D eigenvalue weighted by Crippen LogP contribution is -2.52. The van der Waals surface area contributed by atoms with Crippen molar-refractivity contribution < 1.29 is 9.59 Å². The fourth-order valence-electron chi connectivity index (χ4n) is 1.44. The summed E-state index contributed by atoms with van der Waals surface area (Å²) in [6.45, 7) is 3.05. The zero-order chi connectivity index (χ0) is 14.2. The number of hydrogen-bond acceptors (Lipinski definition) is 6. The minimum absolute atomic E-state index is 0.296. The Morgan fingerprint density at radius 1 is 1.42 bits per heavy atom. The molecule has 0 unspecified atom stereocenters. The van der Waals surface area contributed by atoms with Crippen molar-refractivity contribution in [1.82, 2.24) is 15.5 Å². The molecule has 0 aromatic carbocycles. The summed E-state index contributed by atoms with van der Waals surface area (Å²) in [6.07, 6.45) is 1.50. The maximum absolute atomic E-state index is 12.1. The van der Waals surface area contributed by atoms with Gasteiger partial charge in [-0.15, -0.1) is 16.4 Å². The predicted octanol–water partition coefficient (Wildman–Crippen LogP) is 0.267. The molecule has 0 aliphatic rings. The van der Waals surface area contributed by atoms with Crippen LogP contribution in [0.5, 0.6) is 0 Å². The molecule has 2 aromatic rings. The van der Waals surface area contributed by atoms with Crippen LogP contribution in [-0.4, -0.2) is 27.6 Å². The van der Waals surface area contributed by atoms with Crippen LogP contribution in [0.25, 0.3) is 10.2 Å². The van der Waals surface area contributed by atoms with Gasteiger partial charge in [-0.25, -0.2) is 0 Å². The Balaban J connectivity index is 2.37. The number of amides is 2. The summed E-state index contributed by atoms with van der Waals surface area (Å²) in [6, 6.07) is 1.68. The third kappa shape index (κ3) is 2.34. The number of nitrogens with zero attached hydrogens (tertiary/aromatic N) is 2. The van der Waals surface area contributed by atoms with Crippen LogP contribution in [0, 0.1) is 0 Å². The number of carbonyl (C=O) groups is 2. The number of carbonyl (C=O) groups excluding carboxylic acids is 2. The van der Waals surface area contributed by atoms with E-state index in [2.05, 4.69) is 15.5 Å². The Labute approximate surface area is 113 Å². The van der Waals surface area contributed by atoms with E-state index in [1.807, 2.05) is 0 Å². The van der Waals surface area contributed by atoms with E-state index in [9.17, 15) is 9.59 Å². The fraction of sp³-hybridized carbons (Fsp3) is 0.273. The van der Waals surface area contributed by atoms with Gasteiger partial charge < -0.3 is 16.8 Å². The van der Waals surface area contributed by atoms with E-state index in [1.165, 1.54) is 20.0 Å². The van der Waals surface area contributed by atoms with Crippen molar-refractivity contribution >= 4 is 39.1 Å². The Kier molecular flexibility index (Phi) is 3.11. The molecule has 2 rings (SSSR count). The zero-order valence-corrected chi connectivity index (χ0v) is 11.2. The highest BCUT2D eigenvalue weighted by atomic mass is 32.1. The summed E-state index contributed by atoms with van der Waals surface area (Å²) >= 11 is 1.12. The van der Waals surface area contributed by atoms with Gasteiger partial charge in [-0.2, -0.15) is 5.10 Å². The fourth-order valence-corrected chi connectivity index (χ4v) is 2.38. The van der Waals surface area contributed by atoms with E-state index in [4.69, 9.17) is 11.5 Å². The number of nitrogens with one attached hydrogen (secondary N) is 1. The van der Waals surface area contributed by atoms with Crippen molar-refractivity contribution in [3.63, 3.8) is 0 Å². The number of nitrogens with two attached hydrogens (primary N) is 2. The van der Waals surface area contributed by atoms with Gasteiger partial charge in [-0.1, -0.05) is 0 Å². The highest BCUT2D eigenvalue weighted by Gasteiger charge is 2.29. The van der Waals surface area contributed by atoms with Gasteiger partial charge in [0.05, 0.1) is 11.9 Å². The molecule has 0 bridgehead atoms. The zero-order valence-electron chi connectivity index (χ0n) is 10.4. The topological polar surface area (TPSA) is 124 Å². The normalized spacial score (nSPS) is 11.5. The van der Waals surface area contributed by atoms with Crippen LogP contribution < -0.4 is 16.8 Å². The molecule has 0 atom stereocenters. The molecule has 100 valence electrons. The summed E-state index contributed by atoms with van der Waals surface area (Å²) in [7, 11) is 0. The van der Waals surface area contributed by atoms with Crippen LogP contribution in [0.2, 0.25) is 0 Å². The summed E-state index contributed by atoms with van der Waals surface area (Å²) < 4.78 is 0. The molecule has 2 amide bonds. The average molecular weight is 279 g/mol. The maximum Gasteiger partial charge on any atom is 0.264 e. The molecule has 5 N–H and O–H groups in total.